The first-order valence-corrected chi connectivity index (χ1v) is 8.79. The van der Waals surface area contributed by atoms with Crippen molar-refractivity contribution >= 4 is 28.4 Å². The van der Waals surface area contributed by atoms with E-state index < -0.39 is 5.76 Å². The molecule has 4 rings (SSSR count). The summed E-state index contributed by atoms with van der Waals surface area (Å²) in [4.78, 5) is 26.8. The number of nitrogens with one attached hydrogen (secondary N) is 1. The number of amides is 1. The average Bonchev–Trinajstić information content (AvgIpc) is 3.24. The second kappa shape index (κ2) is 6.37. The molecule has 1 amide bonds. The van der Waals surface area contributed by atoms with Gasteiger partial charge in [0.25, 0.3) is 5.91 Å². The molecule has 26 heavy (non-hydrogen) atoms. The summed E-state index contributed by atoms with van der Waals surface area (Å²) in [5.41, 5.74) is 4.44. The second-order valence-corrected chi connectivity index (χ2v) is 6.78. The van der Waals surface area contributed by atoms with Crippen LogP contribution in [0.3, 0.4) is 0 Å². The zero-order chi connectivity index (χ0) is 18.3. The molecule has 6 nitrogen and oxygen atoms in total. The van der Waals surface area contributed by atoms with Gasteiger partial charge >= 0.3 is 5.76 Å². The lowest BCUT2D eigenvalue weighted by Gasteiger charge is -2.21. The fraction of sp³-hybridized carbons (Fsp3) is 0.300. The number of carbonyl (C=O) groups is 1. The monoisotopic (exact) mass is 351 g/mol. The highest BCUT2D eigenvalue weighted by atomic mass is 16.4. The Morgan fingerprint density at radius 1 is 1.12 bits per heavy atom. The summed E-state index contributed by atoms with van der Waals surface area (Å²) >= 11 is 0. The van der Waals surface area contributed by atoms with Gasteiger partial charge in [0.05, 0.1) is 11.1 Å². The summed E-state index contributed by atoms with van der Waals surface area (Å²) in [6.07, 6.45) is 2.30. The van der Waals surface area contributed by atoms with E-state index in [1.165, 1.54) is 4.57 Å². The van der Waals surface area contributed by atoms with E-state index in [-0.39, 0.29) is 5.91 Å². The molecule has 0 unspecified atom stereocenters. The molecule has 1 fully saturated rings. The van der Waals surface area contributed by atoms with Crippen LogP contribution in [0.4, 0.5) is 11.4 Å². The predicted octanol–water partition coefficient (Wildman–Crippen LogP) is 3.29. The molecule has 1 aliphatic heterocycles. The molecule has 3 aromatic rings. The van der Waals surface area contributed by atoms with Crippen LogP contribution in [0.2, 0.25) is 0 Å². The SMILES string of the molecule is Cc1ccc(N2CCCC2)c(C(=O)Nc2ccc3c(c2)oc(=O)n3C)c1. The smallest absolute Gasteiger partial charge is 0.408 e. The number of rotatable bonds is 3. The number of benzene rings is 2. The Labute approximate surface area is 151 Å². The van der Waals surface area contributed by atoms with E-state index in [0.29, 0.717) is 22.4 Å². The van der Waals surface area contributed by atoms with E-state index in [4.69, 9.17) is 4.42 Å². The van der Waals surface area contributed by atoms with Crippen molar-refractivity contribution in [3.05, 3.63) is 58.1 Å². The molecule has 0 spiro atoms. The summed E-state index contributed by atoms with van der Waals surface area (Å²) in [5.74, 6) is -0.577. The van der Waals surface area contributed by atoms with Crippen LogP contribution in [0.15, 0.2) is 45.6 Å². The van der Waals surface area contributed by atoms with Crippen molar-refractivity contribution in [3.63, 3.8) is 0 Å². The number of hydrogen-bond acceptors (Lipinski definition) is 4. The molecular formula is C20H21N3O3. The van der Waals surface area contributed by atoms with Gasteiger partial charge in [0, 0.05) is 37.6 Å². The minimum absolute atomic E-state index is 0.159. The minimum Gasteiger partial charge on any atom is -0.408 e. The fourth-order valence-corrected chi connectivity index (χ4v) is 3.48. The first kappa shape index (κ1) is 16.4. The van der Waals surface area contributed by atoms with Crippen LogP contribution in [-0.4, -0.2) is 23.6 Å². The number of carbonyl (C=O) groups excluding carboxylic acids is 1. The molecule has 1 N–H and O–H groups in total. The molecule has 2 aromatic carbocycles. The topological polar surface area (TPSA) is 67.5 Å². The van der Waals surface area contributed by atoms with Crippen LogP contribution in [-0.2, 0) is 7.05 Å². The summed E-state index contributed by atoms with van der Waals surface area (Å²) in [7, 11) is 1.65. The van der Waals surface area contributed by atoms with Gasteiger partial charge in [-0.1, -0.05) is 11.6 Å². The largest absolute Gasteiger partial charge is 0.419 e. The molecule has 6 heteroatoms. The van der Waals surface area contributed by atoms with Crippen LogP contribution in [0, 0.1) is 6.92 Å². The molecule has 1 aliphatic rings. The third-order valence-electron chi connectivity index (χ3n) is 4.89. The maximum absolute atomic E-state index is 12.9. The fourth-order valence-electron chi connectivity index (χ4n) is 3.48. The maximum atomic E-state index is 12.9. The van der Waals surface area contributed by atoms with Gasteiger partial charge in [-0.2, -0.15) is 0 Å². The summed E-state index contributed by atoms with van der Waals surface area (Å²) < 4.78 is 6.64. The lowest BCUT2D eigenvalue weighted by atomic mass is 10.1. The number of aromatic nitrogens is 1. The van der Waals surface area contributed by atoms with Crippen LogP contribution < -0.4 is 16.0 Å². The van der Waals surface area contributed by atoms with Gasteiger partial charge < -0.3 is 14.6 Å². The lowest BCUT2D eigenvalue weighted by molar-refractivity contribution is 0.102. The standard InChI is InChI=1S/C20H21N3O3/c1-13-5-7-16(23-9-3-4-10-23)15(11-13)19(24)21-14-6-8-17-18(12-14)26-20(25)22(17)2/h5-8,11-12H,3-4,9-10H2,1-2H3,(H,21,24). The van der Waals surface area contributed by atoms with Gasteiger partial charge in [-0.15, -0.1) is 0 Å². The van der Waals surface area contributed by atoms with Crippen LogP contribution in [0.1, 0.15) is 28.8 Å². The molecule has 0 atom stereocenters. The number of fused-ring (bicyclic) bond motifs is 1. The maximum Gasteiger partial charge on any atom is 0.419 e. The average molecular weight is 351 g/mol. The molecule has 0 aliphatic carbocycles. The van der Waals surface area contributed by atoms with Gasteiger partial charge in [0.15, 0.2) is 5.58 Å². The van der Waals surface area contributed by atoms with E-state index in [0.717, 1.165) is 37.2 Å². The zero-order valence-electron chi connectivity index (χ0n) is 14.9. The van der Waals surface area contributed by atoms with Crippen molar-refractivity contribution in [1.29, 1.82) is 0 Å². The van der Waals surface area contributed by atoms with Crippen LogP contribution in [0.25, 0.3) is 11.1 Å². The van der Waals surface area contributed by atoms with E-state index >= 15 is 0 Å². The predicted molar refractivity (Wildman–Crippen MR) is 102 cm³/mol. The first-order chi connectivity index (χ1) is 12.5. The molecule has 0 radical (unpaired) electrons. The van der Waals surface area contributed by atoms with Crippen molar-refractivity contribution in [2.45, 2.75) is 19.8 Å². The van der Waals surface area contributed by atoms with Crippen molar-refractivity contribution in [2.24, 2.45) is 7.05 Å². The Hall–Kier alpha value is -3.02. The summed E-state index contributed by atoms with van der Waals surface area (Å²) in [5, 5.41) is 2.93. The van der Waals surface area contributed by atoms with Crippen molar-refractivity contribution in [1.82, 2.24) is 4.57 Å². The van der Waals surface area contributed by atoms with E-state index in [2.05, 4.69) is 10.2 Å². The van der Waals surface area contributed by atoms with Gasteiger partial charge in [-0.05, 0) is 44.0 Å². The number of aryl methyl sites for hydroxylation is 2. The van der Waals surface area contributed by atoms with Gasteiger partial charge in [-0.25, -0.2) is 4.79 Å². The number of anilines is 2. The normalized spacial score (nSPS) is 14.2. The third-order valence-corrected chi connectivity index (χ3v) is 4.89. The van der Waals surface area contributed by atoms with Gasteiger partial charge in [0.2, 0.25) is 0 Å². The van der Waals surface area contributed by atoms with Gasteiger partial charge in [-0.3, -0.25) is 9.36 Å². The van der Waals surface area contributed by atoms with Crippen molar-refractivity contribution in [3.8, 4) is 0 Å². The minimum atomic E-state index is -0.418. The van der Waals surface area contributed by atoms with Crippen molar-refractivity contribution in [2.75, 3.05) is 23.3 Å². The summed E-state index contributed by atoms with van der Waals surface area (Å²) in [6.45, 7) is 3.93. The molecule has 1 saturated heterocycles. The molecular weight excluding hydrogens is 330 g/mol. The molecule has 1 aromatic heterocycles. The highest BCUT2D eigenvalue weighted by molar-refractivity contribution is 6.08. The molecule has 2 heterocycles. The Morgan fingerprint density at radius 2 is 1.88 bits per heavy atom. The zero-order valence-corrected chi connectivity index (χ0v) is 14.9. The highest BCUT2D eigenvalue weighted by Crippen LogP contribution is 2.27. The van der Waals surface area contributed by atoms with Crippen LogP contribution in [0.5, 0.6) is 0 Å². The Kier molecular flexibility index (Phi) is 4.03. The molecule has 0 bridgehead atoms. The Balaban J connectivity index is 1.66. The first-order valence-electron chi connectivity index (χ1n) is 8.79. The van der Waals surface area contributed by atoms with E-state index in [1.54, 1.807) is 25.2 Å². The second-order valence-electron chi connectivity index (χ2n) is 6.78. The van der Waals surface area contributed by atoms with Crippen molar-refractivity contribution < 1.29 is 9.21 Å². The number of hydrogen-bond donors (Lipinski definition) is 1. The molecule has 0 saturated carbocycles. The quantitative estimate of drug-likeness (QED) is 0.786. The van der Waals surface area contributed by atoms with Crippen LogP contribution >= 0.6 is 0 Å². The molecule has 134 valence electrons. The van der Waals surface area contributed by atoms with E-state index in [9.17, 15) is 9.59 Å². The third kappa shape index (κ3) is 2.87. The van der Waals surface area contributed by atoms with E-state index in [1.807, 2.05) is 25.1 Å². The number of nitrogens with zero attached hydrogens (tertiary/aromatic N) is 2. The van der Waals surface area contributed by atoms with Gasteiger partial charge in [0.1, 0.15) is 0 Å². The Morgan fingerprint density at radius 3 is 2.65 bits per heavy atom. The highest BCUT2D eigenvalue weighted by Gasteiger charge is 2.20. The number of oxazole rings is 1. The Bertz CT molecular complexity index is 1040. The lowest BCUT2D eigenvalue weighted by Crippen LogP contribution is -2.23. The summed E-state index contributed by atoms with van der Waals surface area (Å²) in [6, 6.07) is 11.2.